The van der Waals surface area contributed by atoms with Gasteiger partial charge in [-0.3, -0.25) is 14.4 Å². The van der Waals surface area contributed by atoms with Gasteiger partial charge in [0.1, 0.15) is 0 Å². The Morgan fingerprint density at radius 3 is 2.42 bits per heavy atom. The molecule has 0 bridgehead atoms. The second-order valence-corrected chi connectivity index (χ2v) is 7.54. The molecule has 0 radical (unpaired) electrons. The summed E-state index contributed by atoms with van der Waals surface area (Å²) >= 11 is 0. The van der Waals surface area contributed by atoms with Gasteiger partial charge in [0.15, 0.2) is 0 Å². The van der Waals surface area contributed by atoms with Gasteiger partial charge in [-0.05, 0) is 42.5 Å². The molecule has 1 aliphatic carbocycles. The lowest BCUT2D eigenvalue weighted by Crippen LogP contribution is -2.51. The molecule has 0 aromatic heterocycles. The minimum Gasteiger partial charge on any atom is -0.339 e. The fourth-order valence-electron chi connectivity index (χ4n) is 4.35. The van der Waals surface area contributed by atoms with E-state index in [1.54, 1.807) is 16.7 Å². The molecule has 0 unspecified atom stereocenters. The van der Waals surface area contributed by atoms with Crippen LogP contribution < -0.4 is 4.90 Å². The maximum atomic E-state index is 12.8. The summed E-state index contributed by atoms with van der Waals surface area (Å²) in [5, 5.41) is 0. The van der Waals surface area contributed by atoms with Crippen molar-refractivity contribution in [3.8, 4) is 0 Å². The smallest absolute Gasteiger partial charge is 0.228 e. The molecule has 1 aromatic rings. The molecule has 6 heteroatoms. The SMILES string of the molecule is CC(=O)N1CCN(C(=O)[C@@H]2CC(=O)N(c3ccc4c(c3)CCC4)C2)CC1. The summed E-state index contributed by atoms with van der Waals surface area (Å²) in [6.07, 6.45) is 3.66. The summed E-state index contributed by atoms with van der Waals surface area (Å²) in [4.78, 5) is 42.1. The molecule has 2 aliphatic heterocycles. The molecule has 0 saturated carbocycles. The van der Waals surface area contributed by atoms with Crippen molar-refractivity contribution in [1.29, 1.82) is 0 Å². The molecule has 4 rings (SSSR count). The molecule has 3 aliphatic rings. The van der Waals surface area contributed by atoms with Gasteiger partial charge >= 0.3 is 0 Å². The molecular weight excluding hydrogens is 330 g/mol. The van der Waals surface area contributed by atoms with Gasteiger partial charge in [-0.2, -0.15) is 0 Å². The average Bonchev–Trinajstić information content (AvgIpc) is 3.26. The fourth-order valence-corrected chi connectivity index (χ4v) is 4.35. The lowest BCUT2D eigenvalue weighted by Gasteiger charge is -2.35. The number of nitrogens with zero attached hydrogens (tertiary/aromatic N) is 3. The van der Waals surface area contributed by atoms with E-state index in [0.29, 0.717) is 32.7 Å². The molecule has 3 amide bonds. The van der Waals surface area contributed by atoms with Crippen LogP contribution in [-0.4, -0.2) is 60.2 Å². The Kier molecular flexibility index (Phi) is 4.42. The summed E-state index contributed by atoms with van der Waals surface area (Å²) in [6.45, 7) is 4.29. The first-order valence-corrected chi connectivity index (χ1v) is 9.49. The van der Waals surface area contributed by atoms with Gasteiger partial charge in [0.05, 0.1) is 5.92 Å². The van der Waals surface area contributed by atoms with Gasteiger partial charge < -0.3 is 14.7 Å². The molecule has 1 atom stereocenters. The van der Waals surface area contributed by atoms with E-state index in [-0.39, 0.29) is 30.1 Å². The van der Waals surface area contributed by atoms with E-state index < -0.39 is 0 Å². The van der Waals surface area contributed by atoms with E-state index in [4.69, 9.17) is 0 Å². The number of benzene rings is 1. The van der Waals surface area contributed by atoms with Crippen LogP contribution >= 0.6 is 0 Å². The standard InChI is InChI=1S/C20H25N3O3/c1-14(24)21-7-9-22(10-8-21)20(26)17-12-19(25)23(13-17)18-6-5-15-3-2-4-16(15)11-18/h5-6,11,17H,2-4,7-10,12-13H2,1H3/t17-/m1/s1. The van der Waals surface area contributed by atoms with Crippen molar-refractivity contribution in [1.82, 2.24) is 9.80 Å². The van der Waals surface area contributed by atoms with E-state index in [1.165, 1.54) is 17.5 Å². The monoisotopic (exact) mass is 355 g/mol. The average molecular weight is 355 g/mol. The summed E-state index contributed by atoms with van der Waals surface area (Å²) < 4.78 is 0. The summed E-state index contributed by atoms with van der Waals surface area (Å²) in [5.41, 5.74) is 3.65. The number of aryl methyl sites for hydroxylation is 2. The first-order chi connectivity index (χ1) is 12.5. The number of piperazine rings is 1. The third kappa shape index (κ3) is 3.08. The number of fused-ring (bicyclic) bond motifs is 1. The van der Waals surface area contributed by atoms with Crippen molar-refractivity contribution in [2.75, 3.05) is 37.6 Å². The topological polar surface area (TPSA) is 60.9 Å². The molecule has 26 heavy (non-hydrogen) atoms. The van der Waals surface area contributed by atoms with Gasteiger partial charge in [-0.15, -0.1) is 0 Å². The van der Waals surface area contributed by atoms with Crippen LogP contribution in [0.5, 0.6) is 0 Å². The molecule has 138 valence electrons. The van der Waals surface area contributed by atoms with Crippen LogP contribution in [0.1, 0.15) is 30.9 Å². The highest BCUT2D eigenvalue weighted by Crippen LogP contribution is 2.31. The Morgan fingerprint density at radius 1 is 1.00 bits per heavy atom. The zero-order valence-corrected chi connectivity index (χ0v) is 15.2. The van der Waals surface area contributed by atoms with E-state index in [0.717, 1.165) is 18.5 Å². The largest absolute Gasteiger partial charge is 0.339 e. The normalized spacial score (nSPS) is 22.7. The number of hydrogen-bond donors (Lipinski definition) is 0. The van der Waals surface area contributed by atoms with Crippen molar-refractivity contribution in [3.63, 3.8) is 0 Å². The van der Waals surface area contributed by atoms with Gasteiger partial charge in [-0.25, -0.2) is 0 Å². The summed E-state index contributed by atoms with van der Waals surface area (Å²) in [5.74, 6) is -0.149. The van der Waals surface area contributed by atoms with Crippen molar-refractivity contribution in [2.45, 2.75) is 32.6 Å². The van der Waals surface area contributed by atoms with Crippen LogP contribution in [0.2, 0.25) is 0 Å². The number of hydrogen-bond acceptors (Lipinski definition) is 3. The summed E-state index contributed by atoms with van der Waals surface area (Å²) in [7, 11) is 0. The quantitative estimate of drug-likeness (QED) is 0.801. The van der Waals surface area contributed by atoms with Crippen molar-refractivity contribution in [3.05, 3.63) is 29.3 Å². The maximum Gasteiger partial charge on any atom is 0.228 e. The predicted octanol–water partition coefficient (Wildman–Crippen LogP) is 1.22. The molecule has 2 fully saturated rings. The van der Waals surface area contributed by atoms with Crippen LogP contribution in [0.3, 0.4) is 0 Å². The van der Waals surface area contributed by atoms with E-state index in [2.05, 4.69) is 12.1 Å². The van der Waals surface area contributed by atoms with Crippen molar-refractivity contribution in [2.24, 2.45) is 5.92 Å². The number of carbonyl (C=O) groups is 3. The number of anilines is 1. The van der Waals surface area contributed by atoms with Gasteiger partial charge in [-0.1, -0.05) is 6.07 Å². The van der Waals surface area contributed by atoms with Gasteiger partial charge in [0.2, 0.25) is 17.7 Å². The van der Waals surface area contributed by atoms with Crippen LogP contribution in [0.4, 0.5) is 5.69 Å². The Hall–Kier alpha value is -2.37. The number of carbonyl (C=O) groups excluding carboxylic acids is 3. The van der Waals surface area contributed by atoms with E-state index in [9.17, 15) is 14.4 Å². The Morgan fingerprint density at radius 2 is 1.69 bits per heavy atom. The first kappa shape index (κ1) is 17.1. The summed E-state index contributed by atoms with van der Waals surface area (Å²) in [6, 6.07) is 6.26. The zero-order chi connectivity index (χ0) is 18.3. The lowest BCUT2D eigenvalue weighted by molar-refractivity contribution is -0.141. The second-order valence-electron chi connectivity index (χ2n) is 7.54. The molecule has 1 aromatic carbocycles. The third-order valence-corrected chi connectivity index (χ3v) is 5.90. The second kappa shape index (κ2) is 6.74. The third-order valence-electron chi connectivity index (χ3n) is 5.90. The Labute approximate surface area is 153 Å². The molecule has 2 heterocycles. The van der Waals surface area contributed by atoms with Crippen molar-refractivity contribution >= 4 is 23.4 Å². The highest BCUT2D eigenvalue weighted by molar-refractivity contribution is 6.00. The van der Waals surface area contributed by atoms with Gasteiger partial charge in [0.25, 0.3) is 0 Å². The highest BCUT2D eigenvalue weighted by atomic mass is 16.2. The van der Waals surface area contributed by atoms with Crippen LogP contribution in [0, 0.1) is 5.92 Å². The van der Waals surface area contributed by atoms with Crippen LogP contribution in [0.25, 0.3) is 0 Å². The van der Waals surface area contributed by atoms with E-state index >= 15 is 0 Å². The van der Waals surface area contributed by atoms with Crippen molar-refractivity contribution < 1.29 is 14.4 Å². The molecule has 0 N–H and O–H groups in total. The molecular formula is C20H25N3O3. The minimum atomic E-state index is -0.278. The molecule has 6 nitrogen and oxygen atoms in total. The predicted molar refractivity (Wildman–Crippen MR) is 97.8 cm³/mol. The minimum absolute atomic E-state index is 0.0312. The fraction of sp³-hybridized carbons (Fsp3) is 0.550. The number of amides is 3. The molecule has 2 saturated heterocycles. The van der Waals surface area contributed by atoms with Crippen LogP contribution in [0.15, 0.2) is 18.2 Å². The first-order valence-electron chi connectivity index (χ1n) is 9.49. The maximum absolute atomic E-state index is 12.8. The lowest BCUT2D eigenvalue weighted by atomic mass is 10.1. The van der Waals surface area contributed by atoms with Gasteiger partial charge in [0, 0.05) is 51.8 Å². The highest BCUT2D eigenvalue weighted by Gasteiger charge is 2.38. The zero-order valence-electron chi connectivity index (χ0n) is 15.2. The Bertz CT molecular complexity index is 753. The van der Waals surface area contributed by atoms with E-state index in [1.807, 2.05) is 11.0 Å². The number of rotatable bonds is 2. The van der Waals surface area contributed by atoms with Crippen LogP contribution in [-0.2, 0) is 27.2 Å². The molecule has 0 spiro atoms. The Balaban J connectivity index is 1.41.